The van der Waals surface area contributed by atoms with Gasteiger partial charge >= 0.3 is 0 Å². The van der Waals surface area contributed by atoms with Gasteiger partial charge in [0.15, 0.2) is 5.78 Å². The second-order valence-electron chi connectivity index (χ2n) is 3.08. The van der Waals surface area contributed by atoms with E-state index in [1.807, 2.05) is 6.92 Å². The third-order valence-corrected chi connectivity index (χ3v) is 2.68. The van der Waals surface area contributed by atoms with Crippen molar-refractivity contribution in [2.45, 2.75) is 13.8 Å². The lowest BCUT2D eigenvalue weighted by molar-refractivity contribution is 0.102. The second-order valence-corrected chi connectivity index (χ2v) is 4.35. The largest absolute Gasteiger partial charge is 0.293 e. The summed E-state index contributed by atoms with van der Waals surface area (Å²) in [6.07, 6.45) is 0. The van der Waals surface area contributed by atoms with E-state index in [0.717, 1.165) is 11.3 Å². The normalized spacial score (nSPS) is 10.2. The van der Waals surface area contributed by atoms with E-state index < -0.39 is 0 Å². The molecule has 0 saturated heterocycles. The van der Waals surface area contributed by atoms with Crippen LogP contribution in [0.3, 0.4) is 0 Å². The van der Waals surface area contributed by atoms with Crippen molar-refractivity contribution in [2.75, 3.05) is 11.5 Å². The first-order chi connectivity index (χ1) is 6.63. The van der Waals surface area contributed by atoms with E-state index in [1.54, 1.807) is 24.8 Å². The molecular formula is C11H13FOS. The van der Waals surface area contributed by atoms with Crippen LogP contribution < -0.4 is 0 Å². The average molecular weight is 212 g/mol. The van der Waals surface area contributed by atoms with Crippen LogP contribution in [0.5, 0.6) is 0 Å². The van der Waals surface area contributed by atoms with Crippen LogP contribution in [0.1, 0.15) is 22.8 Å². The fourth-order valence-corrected chi connectivity index (χ4v) is 1.73. The molecule has 0 aliphatic carbocycles. The minimum atomic E-state index is -0.338. The molecule has 14 heavy (non-hydrogen) atoms. The van der Waals surface area contributed by atoms with E-state index in [2.05, 4.69) is 0 Å². The molecule has 1 rings (SSSR count). The first-order valence-corrected chi connectivity index (χ1v) is 5.67. The molecule has 0 saturated carbocycles. The molecule has 0 atom stereocenters. The first kappa shape index (κ1) is 11.2. The van der Waals surface area contributed by atoms with Crippen molar-refractivity contribution < 1.29 is 9.18 Å². The lowest BCUT2D eigenvalue weighted by Gasteiger charge is -2.01. The van der Waals surface area contributed by atoms with E-state index in [9.17, 15) is 9.18 Å². The Morgan fingerprint density at radius 1 is 1.43 bits per heavy atom. The number of hydrogen-bond acceptors (Lipinski definition) is 2. The molecule has 0 aliphatic heterocycles. The van der Waals surface area contributed by atoms with Gasteiger partial charge in [0.05, 0.1) is 5.75 Å². The number of carbonyl (C=O) groups excluding carboxylic acids is 1. The van der Waals surface area contributed by atoms with Gasteiger partial charge < -0.3 is 0 Å². The summed E-state index contributed by atoms with van der Waals surface area (Å²) in [4.78, 5) is 11.5. The van der Waals surface area contributed by atoms with Crippen LogP contribution >= 0.6 is 11.8 Å². The van der Waals surface area contributed by atoms with E-state index in [1.165, 1.54) is 12.1 Å². The molecule has 1 aromatic rings. The summed E-state index contributed by atoms with van der Waals surface area (Å²) in [7, 11) is 0. The molecule has 0 aliphatic rings. The smallest absolute Gasteiger partial charge is 0.172 e. The Hall–Kier alpha value is -0.830. The highest BCUT2D eigenvalue weighted by Crippen LogP contribution is 2.11. The van der Waals surface area contributed by atoms with Gasteiger partial charge in [-0.2, -0.15) is 11.8 Å². The molecule has 76 valence electrons. The van der Waals surface area contributed by atoms with Crippen molar-refractivity contribution in [3.63, 3.8) is 0 Å². The molecule has 1 aromatic carbocycles. The molecule has 0 fully saturated rings. The number of aryl methyl sites for hydroxylation is 1. The van der Waals surface area contributed by atoms with Crippen LogP contribution in [0.15, 0.2) is 18.2 Å². The predicted molar refractivity (Wildman–Crippen MR) is 58.5 cm³/mol. The number of rotatable bonds is 4. The van der Waals surface area contributed by atoms with Crippen LogP contribution in [0.2, 0.25) is 0 Å². The molecule has 0 unspecified atom stereocenters. The zero-order valence-electron chi connectivity index (χ0n) is 8.34. The minimum absolute atomic E-state index is 0.000509. The number of Topliss-reactive ketones (excluding diaryl/α,β-unsaturated/α-hetero) is 1. The van der Waals surface area contributed by atoms with Crippen molar-refractivity contribution in [1.29, 1.82) is 0 Å². The Morgan fingerprint density at radius 2 is 2.14 bits per heavy atom. The number of ketones is 1. The lowest BCUT2D eigenvalue weighted by Crippen LogP contribution is -2.03. The SMILES string of the molecule is CCSCC(=O)c1cc(C)cc(F)c1. The molecule has 0 N–H and O–H groups in total. The highest BCUT2D eigenvalue weighted by Gasteiger charge is 2.07. The summed E-state index contributed by atoms with van der Waals surface area (Å²) in [5, 5.41) is 0. The Labute approximate surface area is 87.7 Å². The van der Waals surface area contributed by atoms with Gasteiger partial charge in [-0.05, 0) is 36.4 Å². The first-order valence-electron chi connectivity index (χ1n) is 4.51. The Morgan fingerprint density at radius 3 is 2.71 bits per heavy atom. The summed E-state index contributed by atoms with van der Waals surface area (Å²) >= 11 is 1.55. The summed E-state index contributed by atoms with van der Waals surface area (Å²) in [6, 6.07) is 4.44. The number of carbonyl (C=O) groups is 1. The summed E-state index contributed by atoms with van der Waals surface area (Å²) in [5.74, 6) is 0.994. The van der Waals surface area contributed by atoms with Gasteiger partial charge in [0.25, 0.3) is 0 Å². The summed E-state index contributed by atoms with van der Waals surface area (Å²) in [6.45, 7) is 3.78. The number of benzene rings is 1. The molecule has 1 nitrogen and oxygen atoms in total. The third kappa shape index (κ3) is 3.14. The number of halogens is 1. The third-order valence-electron chi connectivity index (χ3n) is 1.80. The highest BCUT2D eigenvalue weighted by molar-refractivity contribution is 7.99. The van der Waals surface area contributed by atoms with Gasteiger partial charge in [-0.3, -0.25) is 4.79 Å². The molecule has 0 bridgehead atoms. The maximum Gasteiger partial charge on any atom is 0.172 e. The fourth-order valence-electron chi connectivity index (χ4n) is 1.18. The Kier molecular flexibility index (Phi) is 4.14. The Bertz CT molecular complexity index is 316. The van der Waals surface area contributed by atoms with Crippen molar-refractivity contribution >= 4 is 17.5 Å². The Balaban J connectivity index is 2.79. The van der Waals surface area contributed by atoms with Crippen molar-refractivity contribution in [2.24, 2.45) is 0 Å². The van der Waals surface area contributed by atoms with Crippen molar-refractivity contribution in [1.82, 2.24) is 0 Å². The number of hydrogen-bond donors (Lipinski definition) is 0. The van der Waals surface area contributed by atoms with Gasteiger partial charge in [-0.15, -0.1) is 0 Å². The van der Waals surface area contributed by atoms with Crippen LogP contribution in [0, 0.1) is 12.7 Å². The molecule has 0 heterocycles. The summed E-state index contributed by atoms with van der Waals surface area (Å²) < 4.78 is 13.0. The quantitative estimate of drug-likeness (QED) is 0.713. The zero-order chi connectivity index (χ0) is 10.6. The van der Waals surface area contributed by atoms with Gasteiger partial charge in [-0.1, -0.05) is 6.92 Å². The van der Waals surface area contributed by atoms with Gasteiger partial charge in [-0.25, -0.2) is 4.39 Å². The van der Waals surface area contributed by atoms with Gasteiger partial charge in [0.2, 0.25) is 0 Å². The van der Waals surface area contributed by atoms with E-state index >= 15 is 0 Å². The van der Waals surface area contributed by atoms with Crippen LogP contribution in [0.25, 0.3) is 0 Å². The molecule has 0 aromatic heterocycles. The lowest BCUT2D eigenvalue weighted by atomic mass is 10.1. The zero-order valence-corrected chi connectivity index (χ0v) is 9.16. The van der Waals surface area contributed by atoms with Gasteiger partial charge in [0, 0.05) is 5.56 Å². The van der Waals surface area contributed by atoms with E-state index in [-0.39, 0.29) is 11.6 Å². The molecule has 0 radical (unpaired) electrons. The van der Waals surface area contributed by atoms with E-state index in [0.29, 0.717) is 11.3 Å². The second kappa shape index (κ2) is 5.15. The van der Waals surface area contributed by atoms with E-state index in [4.69, 9.17) is 0 Å². The molecule has 0 amide bonds. The predicted octanol–water partition coefficient (Wildman–Crippen LogP) is 3.07. The highest BCUT2D eigenvalue weighted by atomic mass is 32.2. The maximum absolute atomic E-state index is 13.0. The van der Waals surface area contributed by atoms with Crippen molar-refractivity contribution in [3.05, 3.63) is 35.1 Å². The molecule has 3 heteroatoms. The topological polar surface area (TPSA) is 17.1 Å². The van der Waals surface area contributed by atoms with Crippen LogP contribution in [-0.4, -0.2) is 17.3 Å². The summed E-state index contributed by atoms with van der Waals surface area (Å²) in [5.41, 5.74) is 1.26. The maximum atomic E-state index is 13.0. The van der Waals surface area contributed by atoms with Crippen molar-refractivity contribution in [3.8, 4) is 0 Å². The average Bonchev–Trinajstić information content (AvgIpc) is 2.12. The standard InChI is InChI=1S/C11H13FOS/c1-3-14-7-11(13)9-4-8(2)5-10(12)6-9/h4-6H,3,7H2,1-2H3. The number of thioether (sulfide) groups is 1. The van der Waals surface area contributed by atoms with Crippen LogP contribution in [0.4, 0.5) is 4.39 Å². The fraction of sp³-hybridized carbons (Fsp3) is 0.364. The molecular weight excluding hydrogens is 199 g/mol. The van der Waals surface area contributed by atoms with Gasteiger partial charge in [0.1, 0.15) is 5.82 Å². The van der Waals surface area contributed by atoms with Crippen LogP contribution in [-0.2, 0) is 0 Å². The molecule has 0 spiro atoms. The monoisotopic (exact) mass is 212 g/mol. The minimum Gasteiger partial charge on any atom is -0.293 e.